The highest BCUT2D eigenvalue weighted by molar-refractivity contribution is 5.82. The number of carboxylic acid groups (broad SMARTS) is 2. The summed E-state index contributed by atoms with van der Waals surface area (Å²) in [5.74, 6) is -1.64. The molecule has 108 valence electrons. The minimum absolute atomic E-state index is 0.0356. The van der Waals surface area contributed by atoms with Crippen LogP contribution in [0.4, 0.5) is 4.79 Å². The van der Waals surface area contributed by atoms with E-state index in [1.807, 2.05) is 6.92 Å². The van der Waals surface area contributed by atoms with Gasteiger partial charge in [0, 0.05) is 12.5 Å². The second-order valence-corrected chi connectivity index (χ2v) is 4.92. The van der Waals surface area contributed by atoms with Gasteiger partial charge in [0.05, 0.1) is 0 Å². The van der Waals surface area contributed by atoms with E-state index in [1.54, 1.807) is 0 Å². The molecule has 0 aromatic carbocycles. The maximum atomic E-state index is 11.6. The molecule has 0 heterocycles. The van der Waals surface area contributed by atoms with Crippen molar-refractivity contribution in [1.29, 1.82) is 0 Å². The van der Waals surface area contributed by atoms with Crippen molar-refractivity contribution in [1.82, 2.24) is 10.6 Å². The molecular formula is C12H20N2O5. The van der Waals surface area contributed by atoms with Gasteiger partial charge in [-0.25, -0.2) is 9.59 Å². The smallest absolute Gasteiger partial charge is 0.326 e. The number of amides is 2. The van der Waals surface area contributed by atoms with E-state index >= 15 is 0 Å². The van der Waals surface area contributed by atoms with E-state index in [4.69, 9.17) is 10.2 Å². The summed E-state index contributed by atoms with van der Waals surface area (Å²) >= 11 is 0. The average Bonchev–Trinajstić information content (AvgIpc) is 3.10. The van der Waals surface area contributed by atoms with Crippen LogP contribution < -0.4 is 10.6 Å². The first-order valence-corrected chi connectivity index (χ1v) is 6.41. The SMILES string of the molecule is CC(NC(=O)N[C@H](CCCC(=O)O)C(=O)O)C1CC1. The third-order valence-electron chi connectivity index (χ3n) is 3.17. The lowest BCUT2D eigenvalue weighted by atomic mass is 10.1. The Labute approximate surface area is 111 Å². The fourth-order valence-corrected chi connectivity index (χ4v) is 1.84. The zero-order valence-electron chi connectivity index (χ0n) is 10.9. The van der Waals surface area contributed by atoms with E-state index in [-0.39, 0.29) is 25.3 Å². The van der Waals surface area contributed by atoms with Crippen LogP contribution >= 0.6 is 0 Å². The maximum absolute atomic E-state index is 11.6. The quantitative estimate of drug-likeness (QED) is 0.521. The molecule has 1 aliphatic carbocycles. The third-order valence-corrected chi connectivity index (χ3v) is 3.17. The number of urea groups is 1. The number of carbonyl (C=O) groups is 3. The van der Waals surface area contributed by atoms with Crippen LogP contribution in [0.15, 0.2) is 0 Å². The van der Waals surface area contributed by atoms with Gasteiger partial charge in [0.25, 0.3) is 0 Å². The standard InChI is InChI=1S/C12H20N2O5/c1-7(8-5-6-8)13-12(19)14-9(11(17)18)3-2-4-10(15)16/h7-9H,2-6H2,1H3,(H,15,16)(H,17,18)(H2,13,14,19)/t7?,9-/m1/s1. The number of carboxylic acids is 2. The summed E-state index contributed by atoms with van der Waals surface area (Å²) in [4.78, 5) is 32.9. The third kappa shape index (κ3) is 6.08. The summed E-state index contributed by atoms with van der Waals surface area (Å²) < 4.78 is 0. The van der Waals surface area contributed by atoms with Crippen LogP contribution in [0.3, 0.4) is 0 Å². The number of hydrogen-bond donors (Lipinski definition) is 4. The van der Waals surface area contributed by atoms with E-state index in [0.717, 1.165) is 12.8 Å². The number of aliphatic carboxylic acids is 2. The summed E-state index contributed by atoms with van der Waals surface area (Å²) in [6.45, 7) is 1.89. The summed E-state index contributed by atoms with van der Waals surface area (Å²) in [5.41, 5.74) is 0. The van der Waals surface area contributed by atoms with Gasteiger partial charge in [0.15, 0.2) is 0 Å². The Morgan fingerprint density at radius 3 is 2.32 bits per heavy atom. The lowest BCUT2D eigenvalue weighted by Crippen LogP contribution is -2.48. The normalized spacial score (nSPS) is 17.3. The Bertz CT molecular complexity index is 354. The van der Waals surface area contributed by atoms with Crippen LogP contribution in [0, 0.1) is 5.92 Å². The highest BCUT2D eigenvalue weighted by Gasteiger charge is 2.29. The fourth-order valence-electron chi connectivity index (χ4n) is 1.84. The van der Waals surface area contributed by atoms with Crippen molar-refractivity contribution in [3.05, 3.63) is 0 Å². The summed E-state index contributed by atoms with van der Waals surface area (Å²) in [6, 6.07) is -1.53. The van der Waals surface area contributed by atoms with Crippen LogP contribution in [0.5, 0.6) is 0 Å². The molecule has 0 aliphatic heterocycles. The van der Waals surface area contributed by atoms with Crippen molar-refractivity contribution in [2.75, 3.05) is 0 Å². The van der Waals surface area contributed by atoms with Crippen molar-refractivity contribution in [2.45, 2.75) is 51.1 Å². The maximum Gasteiger partial charge on any atom is 0.326 e. The predicted molar refractivity (Wildman–Crippen MR) is 66.8 cm³/mol. The number of nitrogens with one attached hydrogen (secondary N) is 2. The van der Waals surface area contributed by atoms with Crippen LogP contribution in [0.1, 0.15) is 39.0 Å². The van der Waals surface area contributed by atoms with Gasteiger partial charge in [-0.1, -0.05) is 0 Å². The first kappa shape index (κ1) is 15.3. The first-order chi connectivity index (χ1) is 8.90. The monoisotopic (exact) mass is 272 g/mol. The first-order valence-electron chi connectivity index (χ1n) is 6.41. The van der Waals surface area contributed by atoms with Crippen molar-refractivity contribution in [3.63, 3.8) is 0 Å². The second kappa shape index (κ2) is 6.96. The fraction of sp³-hybridized carbons (Fsp3) is 0.750. The highest BCUT2D eigenvalue weighted by atomic mass is 16.4. The Balaban J connectivity index is 2.32. The largest absolute Gasteiger partial charge is 0.481 e. The molecule has 0 saturated heterocycles. The van der Waals surface area contributed by atoms with Crippen LogP contribution in [0.2, 0.25) is 0 Å². The van der Waals surface area contributed by atoms with E-state index < -0.39 is 24.0 Å². The Hall–Kier alpha value is -1.79. The summed E-state index contributed by atoms with van der Waals surface area (Å²) in [5, 5.41) is 22.5. The van der Waals surface area contributed by atoms with Gasteiger partial charge < -0.3 is 20.8 Å². The molecule has 7 nitrogen and oxygen atoms in total. The van der Waals surface area contributed by atoms with Crippen LogP contribution in [0.25, 0.3) is 0 Å². The van der Waals surface area contributed by atoms with Crippen molar-refractivity contribution < 1.29 is 24.6 Å². The Morgan fingerprint density at radius 1 is 1.21 bits per heavy atom. The second-order valence-electron chi connectivity index (χ2n) is 4.92. The minimum Gasteiger partial charge on any atom is -0.481 e. The van der Waals surface area contributed by atoms with Gasteiger partial charge in [-0.2, -0.15) is 0 Å². The van der Waals surface area contributed by atoms with Crippen molar-refractivity contribution in [2.24, 2.45) is 5.92 Å². The van der Waals surface area contributed by atoms with Crippen molar-refractivity contribution >= 4 is 18.0 Å². The molecule has 0 radical (unpaired) electrons. The Kier molecular flexibility index (Phi) is 5.59. The summed E-state index contributed by atoms with van der Waals surface area (Å²) in [7, 11) is 0. The molecule has 1 aliphatic rings. The van der Waals surface area contributed by atoms with Gasteiger partial charge in [0.1, 0.15) is 6.04 Å². The molecule has 1 rings (SSSR count). The molecule has 1 unspecified atom stereocenters. The molecule has 7 heteroatoms. The van der Waals surface area contributed by atoms with E-state index in [2.05, 4.69) is 10.6 Å². The lowest BCUT2D eigenvalue weighted by molar-refractivity contribution is -0.140. The molecule has 0 aromatic rings. The van der Waals surface area contributed by atoms with Crippen LogP contribution in [-0.4, -0.2) is 40.3 Å². The predicted octanol–water partition coefficient (Wildman–Crippen LogP) is 0.792. The zero-order chi connectivity index (χ0) is 14.4. The minimum atomic E-state index is -1.15. The molecule has 2 atom stereocenters. The molecule has 1 saturated carbocycles. The van der Waals surface area contributed by atoms with Crippen LogP contribution in [-0.2, 0) is 9.59 Å². The van der Waals surface area contributed by atoms with E-state index in [9.17, 15) is 14.4 Å². The number of hydrogen-bond acceptors (Lipinski definition) is 3. The molecule has 0 aromatic heterocycles. The highest BCUT2D eigenvalue weighted by Crippen LogP contribution is 2.32. The molecule has 19 heavy (non-hydrogen) atoms. The van der Waals surface area contributed by atoms with Gasteiger partial charge in [-0.05, 0) is 38.5 Å². The molecule has 0 spiro atoms. The topological polar surface area (TPSA) is 116 Å². The van der Waals surface area contributed by atoms with E-state index in [1.165, 1.54) is 0 Å². The van der Waals surface area contributed by atoms with Gasteiger partial charge >= 0.3 is 18.0 Å². The number of rotatable bonds is 8. The molecule has 2 amide bonds. The van der Waals surface area contributed by atoms with Gasteiger partial charge in [-0.15, -0.1) is 0 Å². The Morgan fingerprint density at radius 2 is 1.84 bits per heavy atom. The van der Waals surface area contributed by atoms with Gasteiger partial charge in [-0.3, -0.25) is 4.79 Å². The van der Waals surface area contributed by atoms with Crippen molar-refractivity contribution in [3.8, 4) is 0 Å². The lowest BCUT2D eigenvalue weighted by Gasteiger charge is -2.17. The zero-order valence-corrected chi connectivity index (χ0v) is 10.9. The molecule has 1 fully saturated rings. The molecule has 0 bridgehead atoms. The number of carbonyl (C=O) groups excluding carboxylic acids is 1. The average molecular weight is 272 g/mol. The summed E-state index contributed by atoms with van der Waals surface area (Å²) in [6.07, 6.45) is 2.38. The molecule has 4 N–H and O–H groups in total. The molecular weight excluding hydrogens is 252 g/mol. The van der Waals surface area contributed by atoms with Gasteiger partial charge in [0.2, 0.25) is 0 Å². The van der Waals surface area contributed by atoms with E-state index in [0.29, 0.717) is 5.92 Å².